The molecule has 1 atom stereocenters. The number of hydrogen-bond donors (Lipinski definition) is 1. The van der Waals surface area contributed by atoms with E-state index in [0.717, 1.165) is 27.3 Å². The predicted octanol–water partition coefficient (Wildman–Crippen LogP) is 3.81. The van der Waals surface area contributed by atoms with E-state index in [0.29, 0.717) is 11.4 Å². The molecule has 0 bridgehead atoms. The Kier molecular flexibility index (Phi) is 11.0. The van der Waals surface area contributed by atoms with Gasteiger partial charge in [-0.05, 0) is 41.0 Å². The molecule has 2 amide bonds. The molecule has 0 unspecified atom stereocenters. The minimum Gasteiger partial charge on any atom is -0.497 e. The molecule has 0 aliphatic carbocycles. The number of nitrogens with zero attached hydrogens (tertiary/aromatic N) is 3. The summed E-state index contributed by atoms with van der Waals surface area (Å²) in [5.41, 5.74) is 3.04. The Balaban J connectivity index is 1.68. The number of benzene rings is 3. The summed E-state index contributed by atoms with van der Waals surface area (Å²) in [5.74, 6) is -0.210. The molecule has 1 N–H and O–H groups in total. The molecule has 4 aromatic rings. The minimum absolute atomic E-state index is 0.0248. The Bertz CT molecular complexity index is 1570. The molecular weight excluding hydrogens is 564 g/mol. The number of carbonyl (C=O) groups is 2. The Labute approximate surface area is 253 Å². The Hall–Kier alpha value is -4.54. The summed E-state index contributed by atoms with van der Waals surface area (Å²) in [7, 11) is -2.20. The van der Waals surface area contributed by atoms with Crippen molar-refractivity contribution in [1.82, 2.24) is 19.5 Å². The molecule has 1 aromatic heterocycles. The third kappa shape index (κ3) is 9.49. The van der Waals surface area contributed by atoms with Gasteiger partial charge < -0.3 is 15.0 Å². The van der Waals surface area contributed by atoms with E-state index in [-0.39, 0.29) is 32.0 Å². The van der Waals surface area contributed by atoms with Crippen molar-refractivity contribution in [3.63, 3.8) is 0 Å². The van der Waals surface area contributed by atoms with Crippen molar-refractivity contribution in [2.75, 3.05) is 19.9 Å². The Morgan fingerprint density at radius 1 is 0.814 bits per heavy atom. The van der Waals surface area contributed by atoms with E-state index in [1.807, 2.05) is 66.7 Å². The molecule has 10 heteroatoms. The lowest BCUT2D eigenvalue weighted by Gasteiger charge is -2.33. The van der Waals surface area contributed by atoms with Crippen LogP contribution in [-0.2, 0) is 45.7 Å². The van der Waals surface area contributed by atoms with Gasteiger partial charge in [0.1, 0.15) is 11.8 Å². The summed E-state index contributed by atoms with van der Waals surface area (Å²) >= 11 is 0. The second kappa shape index (κ2) is 15.1. The number of hydrogen-bond acceptors (Lipinski definition) is 6. The second-order valence-electron chi connectivity index (χ2n) is 10.1. The van der Waals surface area contributed by atoms with Crippen molar-refractivity contribution < 1.29 is 22.7 Å². The first kappa shape index (κ1) is 31.4. The highest BCUT2D eigenvalue weighted by molar-refractivity contribution is 7.88. The molecule has 0 aliphatic rings. The van der Waals surface area contributed by atoms with E-state index < -0.39 is 28.5 Å². The minimum atomic E-state index is -3.76. The molecule has 0 radical (unpaired) electrons. The van der Waals surface area contributed by atoms with Crippen molar-refractivity contribution in [1.29, 1.82) is 0 Å². The predicted molar refractivity (Wildman–Crippen MR) is 165 cm³/mol. The first-order chi connectivity index (χ1) is 20.7. The van der Waals surface area contributed by atoms with Crippen LogP contribution in [-0.4, -0.2) is 60.4 Å². The van der Waals surface area contributed by atoms with Crippen LogP contribution >= 0.6 is 0 Å². The number of sulfonamides is 1. The van der Waals surface area contributed by atoms with E-state index >= 15 is 0 Å². The van der Waals surface area contributed by atoms with Gasteiger partial charge in [0.2, 0.25) is 21.8 Å². The number of aromatic nitrogens is 1. The van der Waals surface area contributed by atoms with Gasteiger partial charge in [0.05, 0.1) is 32.1 Å². The summed E-state index contributed by atoms with van der Waals surface area (Å²) in [5, 5.41) is 2.93. The smallest absolute Gasteiger partial charge is 0.243 e. The number of rotatable bonds is 14. The van der Waals surface area contributed by atoms with Crippen LogP contribution in [0.25, 0.3) is 0 Å². The highest BCUT2D eigenvalue weighted by Gasteiger charge is 2.33. The van der Waals surface area contributed by atoms with Crippen molar-refractivity contribution >= 4 is 21.8 Å². The van der Waals surface area contributed by atoms with E-state index in [9.17, 15) is 18.0 Å². The lowest BCUT2D eigenvalue weighted by atomic mass is 10.0. The van der Waals surface area contributed by atoms with Crippen LogP contribution in [0, 0.1) is 0 Å². The maximum absolute atomic E-state index is 14.1. The van der Waals surface area contributed by atoms with Gasteiger partial charge in [-0.25, -0.2) is 8.42 Å². The molecule has 1 heterocycles. The molecule has 3 aromatic carbocycles. The van der Waals surface area contributed by atoms with Crippen molar-refractivity contribution in [3.8, 4) is 5.75 Å². The van der Waals surface area contributed by atoms with E-state index in [1.54, 1.807) is 49.7 Å². The molecule has 0 saturated heterocycles. The first-order valence-electron chi connectivity index (χ1n) is 13.9. The second-order valence-corrected chi connectivity index (χ2v) is 12.1. The van der Waals surface area contributed by atoms with Crippen LogP contribution in [0.1, 0.15) is 22.4 Å². The van der Waals surface area contributed by atoms with Crippen LogP contribution in [0.3, 0.4) is 0 Å². The van der Waals surface area contributed by atoms with Crippen LogP contribution in [0.15, 0.2) is 109 Å². The molecule has 224 valence electrons. The maximum Gasteiger partial charge on any atom is 0.243 e. The lowest BCUT2D eigenvalue weighted by molar-refractivity contribution is -0.141. The zero-order valence-corrected chi connectivity index (χ0v) is 25.1. The van der Waals surface area contributed by atoms with Crippen molar-refractivity contribution in [2.45, 2.75) is 32.1 Å². The average Bonchev–Trinajstić information content (AvgIpc) is 3.02. The van der Waals surface area contributed by atoms with Crippen LogP contribution in [0.4, 0.5) is 0 Å². The van der Waals surface area contributed by atoms with E-state index in [1.165, 1.54) is 4.90 Å². The SMILES string of the molecule is COc1ccc(CN(C(=O)CN(Cc2ccccc2)S(C)(=O)=O)[C@H](Cc2ccccc2)C(=O)NCc2ccccn2)cc1. The zero-order chi connectivity index (χ0) is 30.7. The number of nitrogens with one attached hydrogen (secondary N) is 1. The first-order valence-corrected chi connectivity index (χ1v) is 15.7. The number of carbonyl (C=O) groups excluding carboxylic acids is 2. The fourth-order valence-electron chi connectivity index (χ4n) is 4.60. The molecule has 0 fully saturated rings. The van der Waals surface area contributed by atoms with Crippen molar-refractivity contribution in [2.24, 2.45) is 0 Å². The maximum atomic E-state index is 14.1. The van der Waals surface area contributed by atoms with E-state index in [4.69, 9.17) is 4.74 Å². The monoisotopic (exact) mass is 600 g/mol. The van der Waals surface area contributed by atoms with Gasteiger partial charge in [0.15, 0.2) is 0 Å². The third-order valence-electron chi connectivity index (χ3n) is 6.94. The van der Waals surface area contributed by atoms with Crippen LogP contribution in [0.5, 0.6) is 5.75 Å². The summed E-state index contributed by atoms with van der Waals surface area (Å²) < 4.78 is 32.1. The highest BCUT2D eigenvalue weighted by Crippen LogP contribution is 2.19. The fourth-order valence-corrected chi connectivity index (χ4v) is 5.33. The topological polar surface area (TPSA) is 109 Å². The number of ether oxygens (including phenoxy) is 1. The van der Waals surface area contributed by atoms with Gasteiger partial charge >= 0.3 is 0 Å². The molecule has 0 spiro atoms. The zero-order valence-electron chi connectivity index (χ0n) is 24.3. The molecule has 9 nitrogen and oxygen atoms in total. The van der Waals surface area contributed by atoms with Gasteiger partial charge in [-0.3, -0.25) is 14.6 Å². The quantitative estimate of drug-likeness (QED) is 0.236. The average molecular weight is 601 g/mol. The van der Waals surface area contributed by atoms with Crippen molar-refractivity contribution in [3.05, 3.63) is 132 Å². The van der Waals surface area contributed by atoms with Gasteiger partial charge in [0, 0.05) is 25.7 Å². The summed E-state index contributed by atoms with van der Waals surface area (Å²) in [6.07, 6.45) is 2.96. The van der Waals surface area contributed by atoms with Gasteiger partial charge in [0.25, 0.3) is 0 Å². The highest BCUT2D eigenvalue weighted by atomic mass is 32.2. The fraction of sp³-hybridized carbons (Fsp3) is 0.242. The van der Waals surface area contributed by atoms with Crippen LogP contribution < -0.4 is 10.1 Å². The molecular formula is C33H36N4O5S. The summed E-state index contributed by atoms with van der Waals surface area (Å²) in [6, 6.07) is 30.2. The molecule has 43 heavy (non-hydrogen) atoms. The number of amides is 2. The normalized spacial score (nSPS) is 12.0. The number of methoxy groups -OCH3 is 1. The standard InChI is InChI=1S/C33H36N4O5S/c1-42-30-18-16-28(17-19-30)24-37(32(38)25-36(43(2,40)41)23-27-13-7-4-8-14-27)31(21-26-11-5-3-6-12-26)33(39)35-22-29-15-9-10-20-34-29/h3-20,31H,21-25H2,1-2H3,(H,35,39)/t31-/m1/s1. The van der Waals surface area contributed by atoms with Gasteiger partial charge in [-0.2, -0.15) is 4.31 Å². The molecule has 4 rings (SSSR count). The van der Waals surface area contributed by atoms with E-state index in [2.05, 4.69) is 10.3 Å². The van der Waals surface area contributed by atoms with Gasteiger partial charge in [-0.1, -0.05) is 78.9 Å². The third-order valence-corrected chi connectivity index (χ3v) is 8.13. The van der Waals surface area contributed by atoms with Crippen LogP contribution in [0.2, 0.25) is 0 Å². The Morgan fingerprint density at radius 2 is 1.42 bits per heavy atom. The summed E-state index contributed by atoms with van der Waals surface area (Å²) in [6.45, 7) is -0.140. The molecule has 0 saturated carbocycles. The number of pyridine rings is 1. The summed E-state index contributed by atoms with van der Waals surface area (Å²) in [4.78, 5) is 33.7. The largest absolute Gasteiger partial charge is 0.497 e. The lowest BCUT2D eigenvalue weighted by Crippen LogP contribution is -2.53. The molecule has 0 aliphatic heterocycles. The Morgan fingerprint density at radius 3 is 2.00 bits per heavy atom. The van der Waals surface area contributed by atoms with Gasteiger partial charge in [-0.15, -0.1) is 0 Å².